The van der Waals surface area contributed by atoms with Crippen LogP contribution in [0.25, 0.3) is 6.08 Å². The number of hydrogen-bond acceptors (Lipinski definition) is 6. The highest BCUT2D eigenvalue weighted by Crippen LogP contribution is 2.20. The van der Waals surface area contributed by atoms with Crippen LogP contribution in [0.3, 0.4) is 0 Å². The maximum Gasteiger partial charge on any atom is 0.328 e. The molecule has 0 atom stereocenters. The Balaban J connectivity index is 2.29. The standard InChI is InChI=1S/C12H11N3O4S2/c1-8-6-10(4-2-9(8)3-5-12(16)17)21(18,19)14-11-7-13-15-20-11/h2-7,14H,1H3,(H,16,17)/b5-3+. The average molecular weight is 325 g/mol. The fourth-order valence-corrected chi connectivity index (χ4v) is 3.34. The summed E-state index contributed by atoms with van der Waals surface area (Å²) in [5.41, 5.74) is 1.29. The molecular weight excluding hydrogens is 314 g/mol. The van der Waals surface area contributed by atoms with E-state index in [1.807, 2.05) is 0 Å². The quantitative estimate of drug-likeness (QED) is 0.811. The zero-order valence-corrected chi connectivity index (χ0v) is 12.5. The number of carboxylic acids is 1. The van der Waals surface area contributed by atoms with Crippen LogP contribution in [-0.4, -0.2) is 29.1 Å². The van der Waals surface area contributed by atoms with Crippen molar-refractivity contribution in [2.24, 2.45) is 0 Å². The molecule has 0 saturated carbocycles. The van der Waals surface area contributed by atoms with Gasteiger partial charge in [-0.3, -0.25) is 4.72 Å². The van der Waals surface area contributed by atoms with Crippen LogP contribution in [0.1, 0.15) is 11.1 Å². The van der Waals surface area contributed by atoms with E-state index in [1.54, 1.807) is 13.0 Å². The summed E-state index contributed by atoms with van der Waals surface area (Å²) in [7, 11) is -3.71. The second-order valence-corrected chi connectivity index (χ2v) is 6.55. The van der Waals surface area contributed by atoms with Gasteiger partial charge in [-0.25, -0.2) is 13.2 Å². The van der Waals surface area contributed by atoms with Crippen LogP contribution in [0.15, 0.2) is 35.4 Å². The first-order valence-corrected chi connectivity index (χ1v) is 7.96. The molecule has 2 rings (SSSR count). The van der Waals surface area contributed by atoms with E-state index in [2.05, 4.69) is 14.3 Å². The Morgan fingerprint density at radius 2 is 2.19 bits per heavy atom. The van der Waals surface area contributed by atoms with Crippen molar-refractivity contribution in [2.75, 3.05) is 4.72 Å². The molecule has 0 radical (unpaired) electrons. The Bertz CT molecular complexity index is 783. The van der Waals surface area contributed by atoms with E-state index in [9.17, 15) is 13.2 Å². The Morgan fingerprint density at radius 3 is 2.76 bits per heavy atom. The number of nitrogens with one attached hydrogen (secondary N) is 1. The van der Waals surface area contributed by atoms with E-state index in [1.165, 1.54) is 24.4 Å². The minimum Gasteiger partial charge on any atom is -0.478 e. The number of aromatic nitrogens is 2. The molecule has 0 aliphatic rings. The average Bonchev–Trinajstić information content (AvgIpc) is 2.89. The lowest BCUT2D eigenvalue weighted by Crippen LogP contribution is -2.12. The largest absolute Gasteiger partial charge is 0.478 e. The van der Waals surface area contributed by atoms with E-state index in [-0.39, 0.29) is 4.90 Å². The molecule has 1 heterocycles. The van der Waals surface area contributed by atoms with Crippen molar-refractivity contribution < 1.29 is 18.3 Å². The van der Waals surface area contributed by atoms with Gasteiger partial charge < -0.3 is 5.11 Å². The van der Waals surface area contributed by atoms with Gasteiger partial charge in [0.2, 0.25) is 0 Å². The maximum absolute atomic E-state index is 12.2. The second-order valence-electron chi connectivity index (χ2n) is 4.08. The number of aliphatic carboxylic acids is 1. The van der Waals surface area contributed by atoms with Crippen molar-refractivity contribution in [1.29, 1.82) is 0 Å². The Labute approximate surface area is 125 Å². The molecule has 7 nitrogen and oxygen atoms in total. The van der Waals surface area contributed by atoms with Crippen LogP contribution in [0.2, 0.25) is 0 Å². The van der Waals surface area contributed by atoms with Gasteiger partial charge in [0.15, 0.2) is 0 Å². The van der Waals surface area contributed by atoms with Gasteiger partial charge in [0, 0.05) is 17.6 Å². The molecule has 1 aromatic heterocycles. The van der Waals surface area contributed by atoms with Crippen molar-refractivity contribution >= 4 is 38.6 Å². The number of nitrogens with zero attached hydrogens (tertiary/aromatic N) is 2. The summed E-state index contributed by atoms with van der Waals surface area (Å²) in [6, 6.07) is 4.43. The second kappa shape index (κ2) is 6.02. The minimum absolute atomic E-state index is 0.0841. The van der Waals surface area contributed by atoms with E-state index in [4.69, 9.17) is 5.11 Å². The zero-order valence-electron chi connectivity index (χ0n) is 10.8. The van der Waals surface area contributed by atoms with Crippen LogP contribution in [0.5, 0.6) is 0 Å². The van der Waals surface area contributed by atoms with Gasteiger partial charge in [-0.15, -0.1) is 5.10 Å². The van der Waals surface area contributed by atoms with E-state index >= 15 is 0 Å². The number of rotatable bonds is 5. The highest BCUT2D eigenvalue weighted by molar-refractivity contribution is 7.93. The number of sulfonamides is 1. The number of aryl methyl sites for hydroxylation is 1. The lowest BCUT2D eigenvalue weighted by atomic mass is 10.1. The van der Waals surface area contributed by atoms with Crippen LogP contribution >= 0.6 is 11.5 Å². The summed E-state index contributed by atoms with van der Waals surface area (Å²) in [5, 5.41) is 12.5. The van der Waals surface area contributed by atoms with Crippen molar-refractivity contribution in [1.82, 2.24) is 9.59 Å². The number of carbonyl (C=O) groups is 1. The fourth-order valence-electron chi connectivity index (χ4n) is 1.57. The molecule has 9 heteroatoms. The molecule has 2 aromatic rings. The number of hydrogen-bond donors (Lipinski definition) is 2. The molecule has 0 amide bonds. The summed E-state index contributed by atoms with van der Waals surface area (Å²) in [6.45, 7) is 1.70. The molecule has 0 aliphatic heterocycles. The van der Waals surface area contributed by atoms with Gasteiger partial charge in [-0.05, 0) is 36.3 Å². The molecule has 0 saturated heterocycles. The summed E-state index contributed by atoms with van der Waals surface area (Å²) < 4.78 is 30.3. The predicted octanol–water partition coefficient (Wildman–Crippen LogP) is 1.75. The van der Waals surface area contributed by atoms with Crippen LogP contribution in [0.4, 0.5) is 5.00 Å². The van der Waals surface area contributed by atoms with Crippen molar-refractivity contribution in [3.8, 4) is 0 Å². The molecule has 110 valence electrons. The summed E-state index contributed by atoms with van der Waals surface area (Å²) in [6.07, 6.45) is 3.73. The van der Waals surface area contributed by atoms with Gasteiger partial charge >= 0.3 is 5.97 Å². The lowest BCUT2D eigenvalue weighted by molar-refractivity contribution is -0.131. The molecule has 21 heavy (non-hydrogen) atoms. The normalized spacial score (nSPS) is 11.7. The maximum atomic E-state index is 12.2. The van der Waals surface area contributed by atoms with Crippen LogP contribution < -0.4 is 4.72 Å². The first-order valence-electron chi connectivity index (χ1n) is 5.70. The fraction of sp³-hybridized carbons (Fsp3) is 0.0833. The predicted molar refractivity (Wildman–Crippen MR) is 78.6 cm³/mol. The van der Waals surface area contributed by atoms with Gasteiger partial charge in [0.1, 0.15) is 5.00 Å². The Hall–Kier alpha value is -2.26. The van der Waals surface area contributed by atoms with E-state index in [0.717, 1.165) is 17.6 Å². The van der Waals surface area contributed by atoms with Gasteiger partial charge in [0.25, 0.3) is 10.0 Å². The third-order valence-corrected chi connectivity index (χ3v) is 4.63. The molecule has 0 bridgehead atoms. The summed E-state index contributed by atoms with van der Waals surface area (Å²) in [4.78, 5) is 10.6. The minimum atomic E-state index is -3.71. The third kappa shape index (κ3) is 3.86. The smallest absolute Gasteiger partial charge is 0.328 e. The first kappa shape index (κ1) is 15.1. The highest BCUT2D eigenvalue weighted by atomic mass is 32.2. The third-order valence-electron chi connectivity index (χ3n) is 2.55. The Kier molecular flexibility index (Phi) is 4.34. The van der Waals surface area contributed by atoms with Crippen molar-refractivity contribution in [2.45, 2.75) is 11.8 Å². The van der Waals surface area contributed by atoms with Crippen molar-refractivity contribution in [3.05, 3.63) is 41.6 Å². The number of carboxylic acid groups (broad SMARTS) is 1. The van der Waals surface area contributed by atoms with E-state index in [0.29, 0.717) is 16.1 Å². The highest BCUT2D eigenvalue weighted by Gasteiger charge is 2.16. The molecule has 0 fully saturated rings. The lowest BCUT2D eigenvalue weighted by Gasteiger charge is -2.07. The van der Waals surface area contributed by atoms with Gasteiger partial charge in [0.05, 0.1) is 11.1 Å². The van der Waals surface area contributed by atoms with Gasteiger partial charge in [-0.2, -0.15) is 0 Å². The monoisotopic (exact) mass is 325 g/mol. The molecule has 0 unspecified atom stereocenters. The van der Waals surface area contributed by atoms with E-state index < -0.39 is 16.0 Å². The molecular formula is C12H11N3O4S2. The topological polar surface area (TPSA) is 109 Å². The number of anilines is 1. The zero-order chi connectivity index (χ0) is 15.5. The van der Waals surface area contributed by atoms with Gasteiger partial charge in [-0.1, -0.05) is 10.6 Å². The molecule has 0 aliphatic carbocycles. The summed E-state index contributed by atoms with van der Waals surface area (Å²) >= 11 is 0.935. The Morgan fingerprint density at radius 1 is 1.43 bits per heavy atom. The van der Waals surface area contributed by atoms with Crippen LogP contribution in [0, 0.1) is 6.92 Å². The molecule has 2 N–H and O–H groups in total. The van der Waals surface area contributed by atoms with Crippen LogP contribution in [-0.2, 0) is 14.8 Å². The molecule has 0 spiro atoms. The summed E-state index contributed by atoms with van der Waals surface area (Å²) in [5.74, 6) is -1.06. The molecule has 1 aromatic carbocycles. The van der Waals surface area contributed by atoms with Crippen molar-refractivity contribution in [3.63, 3.8) is 0 Å². The SMILES string of the molecule is Cc1cc(S(=O)(=O)Nc2cnns2)ccc1/C=C/C(=O)O. The number of benzene rings is 1. The first-order chi connectivity index (χ1) is 9.88.